The van der Waals surface area contributed by atoms with E-state index in [1.165, 1.54) is 0 Å². The topological polar surface area (TPSA) is 56.2 Å². The monoisotopic (exact) mass is 287 g/mol. The Bertz CT molecular complexity index is 629. The summed E-state index contributed by atoms with van der Waals surface area (Å²) in [4.78, 5) is 16.8. The zero-order valence-electron chi connectivity index (χ0n) is 12.3. The molecule has 5 nitrogen and oxygen atoms in total. The number of benzene rings is 1. The molecular weight excluding hydrogens is 266 g/mol. The van der Waals surface area contributed by atoms with Gasteiger partial charge in [-0.1, -0.05) is 19.1 Å². The molecule has 112 valence electrons. The normalized spacial score (nSPS) is 18.2. The van der Waals surface area contributed by atoms with Gasteiger partial charge in [0.15, 0.2) is 0 Å². The van der Waals surface area contributed by atoms with E-state index in [9.17, 15) is 4.79 Å². The minimum absolute atomic E-state index is 0.0105. The summed E-state index contributed by atoms with van der Waals surface area (Å²) in [6, 6.07) is 7.93. The van der Waals surface area contributed by atoms with E-state index in [0.29, 0.717) is 13.1 Å². The van der Waals surface area contributed by atoms with E-state index in [0.717, 1.165) is 42.7 Å². The van der Waals surface area contributed by atoms with E-state index in [1.54, 1.807) is 0 Å². The van der Waals surface area contributed by atoms with E-state index in [1.807, 2.05) is 35.8 Å². The molecule has 21 heavy (non-hydrogen) atoms. The fourth-order valence-corrected chi connectivity index (χ4v) is 2.75. The molecule has 0 saturated carbocycles. The number of carbonyl (C=O) groups is 1. The Morgan fingerprint density at radius 1 is 1.48 bits per heavy atom. The van der Waals surface area contributed by atoms with Gasteiger partial charge in [0.2, 0.25) is 5.91 Å². The second-order valence-electron chi connectivity index (χ2n) is 5.40. The Hall–Kier alpha value is -1.88. The van der Waals surface area contributed by atoms with Gasteiger partial charge in [0.1, 0.15) is 18.5 Å². The van der Waals surface area contributed by atoms with Crippen LogP contribution in [0.15, 0.2) is 24.3 Å². The molecule has 1 amide bonds. The molecule has 1 aliphatic rings. The fourth-order valence-electron chi connectivity index (χ4n) is 2.75. The van der Waals surface area contributed by atoms with Crippen LogP contribution in [0.1, 0.15) is 38.1 Å². The highest BCUT2D eigenvalue weighted by Gasteiger charge is 2.25. The van der Waals surface area contributed by atoms with Gasteiger partial charge in [0.05, 0.1) is 11.0 Å². The van der Waals surface area contributed by atoms with Crippen molar-refractivity contribution in [1.82, 2.24) is 14.9 Å². The molecule has 0 spiro atoms. The SMILES string of the molecule is CCCNC(=O)Cn1c([C@H]2CCCO2)nc2ccccc21. The number of amides is 1. The van der Waals surface area contributed by atoms with Gasteiger partial charge >= 0.3 is 0 Å². The van der Waals surface area contributed by atoms with Crippen molar-refractivity contribution in [3.63, 3.8) is 0 Å². The zero-order chi connectivity index (χ0) is 14.7. The lowest BCUT2D eigenvalue weighted by Crippen LogP contribution is -2.29. The highest BCUT2D eigenvalue weighted by molar-refractivity contribution is 5.81. The van der Waals surface area contributed by atoms with Gasteiger partial charge < -0.3 is 14.6 Å². The van der Waals surface area contributed by atoms with Crippen molar-refractivity contribution in [3.05, 3.63) is 30.1 Å². The van der Waals surface area contributed by atoms with Crippen molar-refractivity contribution in [2.24, 2.45) is 0 Å². The summed E-state index contributed by atoms with van der Waals surface area (Å²) in [5.41, 5.74) is 1.92. The van der Waals surface area contributed by atoms with E-state index < -0.39 is 0 Å². The summed E-state index contributed by atoms with van der Waals surface area (Å²) in [6.45, 7) is 3.83. The first-order chi connectivity index (χ1) is 10.3. The Morgan fingerprint density at radius 3 is 3.10 bits per heavy atom. The van der Waals surface area contributed by atoms with Crippen LogP contribution in [0.5, 0.6) is 0 Å². The van der Waals surface area contributed by atoms with Crippen LogP contribution in [0, 0.1) is 0 Å². The van der Waals surface area contributed by atoms with Crippen molar-refractivity contribution in [1.29, 1.82) is 0 Å². The lowest BCUT2D eigenvalue weighted by atomic mass is 10.2. The maximum Gasteiger partial charge on any atom is 0.240 e. The highest BCUT2D eigenvalue weighted by atomic mass is 16.5. The Balaban J connectivity index is 1.93. The summed E-state index contributed by atoms with van der Waals surface area (Å²) >= 11 is 0. The van der Waals surface area contributed by atoms with Crippen LogP contribution in [-0.4, -0.2) is 28.6 Å². The molecule has 5 heteroatoms. The number of ether oxygens (including phenoxy) is 1. The van der Waals surface area contributed by atoms with Gasteiger partial charge in [-0.2, -0.15) is 0 Å². The largest absolute Gasteiger partial charge is 0.370 e. The second kappa shape index (κ2) is 6.26. The molecular formula is C16H21N3O2. The molecule has 1 saturated heterocycles. The predicted molar refractivity (Wildman–Crippen MR) is 81.0 cm³/mol. The molecule has 1 fully saturated rings. The molecule has 2 heterocycles. The summed E-state index contributed by atoms with van der Waals surface area (Å²) in [5.74, 6) is 0.902. The standard InChI is InChI=1S/C16H21N3O2/c1-2-9-17-15(20)11-19-13-7-4-3-6-12(13)18-16(19)14-8-5-10-21-14/h3-4,6-7,14H,2,5,8-11H2,1H3,(H,17,20)/t14-/m1/s1. The van der Waals surface area contributed by atoms with Crippen LogP contribution in [-0.2, 0) is 16.1 Å². The van der Waals surface area contributed by atoms with Gasteiger partial charge in [-0.3, -0.25) is 4.79 Å². The molecule has 0 bridgehead atoms. The van der Waals surface area contributed by atoms with Gasteiger partial charge in [0.25, 0.3) is 0 Å². The number of para-hydroxylation sites is 2. The third-order valence-electron chi connectivity index (χ3n) is 3.78. The first kappa shape index (κ1) is 14.1. The summed E-state index contributed by atoms with van der Waals surface area (Å²) < 4.78 is 7.75. The Morgan fingerprint density at radius 2 is 2.33 bits per heavy atom. The van der Waals surface area contributed by atoms with Crippen molar-refractivity contribution in [3.8, 4) is 0 Å². The number of fused-ring (bicyclic) bond motifs is 1. The molecule has 2 aromatic rings. The number of hydrogen-bond donors (Lipinski definition) is 1. The van der Waals surface area contributed by atoms with Gasteiger partial charge in [-0.25, -0.2) is 4.98 Å². The molecule has 0 aliphatic carbocycles. The van der Waals surface area contributed by atoms with Crippen molar-refractivity contribution in [2.75, 3.05) is 13.2 Å². The fraction of sp³-hybridized carbons (Fsp3) is 0.500. The lowest BCUT2D eigenvalue weighted by molar-refractivity contribution is -0.121. The van der Waals surface area contributed by atoms with Crippen LogP contribution in [0.4, 0.5) is 0 Å². The van der Waals surface area contributed by atoms with Crippen LogP contribution >= 0.6 is 0 Å². The smallest absolute Gasteiger partial charge is 0.240 e. The minimum atomic E-state index is 0.0105. The summed E-state index contributed by atoms with van der Waals surface area (Å²) in [6.07, 6.45) is 2.97. The quantitative estimate of drug-likeness (QED) is 0.918. The highest BCUT2D eigenvalue weighted by Crippen LogP contribution is 2.30. The molecule has 0 unspecified atom stereocenters. The predicted octanol–water partition coefficient (Wildman–Crippen LogP) is 2.41. The van der Waals surface area contributed by atoms with Crippen LogP contribution in [0.25, 0.3) is 11.0 Å². The van der Waals surface area contributed by atoms with Gasteiger partial charge in [-0.15, -0.1) is 0 Å². The van der Waals surface area contributed by atoms with E-state index in [2.05, 4.69) is 10.3 Å². The zero-order valence-corrected chi connectivity index (χ0v) is 12.3. The minimum Gasteiger partial charge on any atom is -0.370 e. The summed E-state index contributed by atoms with van der Waals surface area (Å²) in [5, 5.41) is 2.92. The van der Waals surface area contributed by atoms with Crippen LogP contribution < -0.4 is 5.32 Å². The molecule has 1 aromatic heterocycles. The number of nitrogens with zero attached hydrogens (tertiary/aromatic N) is 2. The maximum absolute atomic E-state index is 12.1. The molecule has 1 aliphatic heterocycles. The maximum atomic E-state index is 12.1. The van der Waals surface area contributed by atoms with Crippen LogP contribution in [0.3, 0.4) is 0 Å². The number of rotatable bonds is 5. The molecule has 3 rings (SSSR count). The lowest BCUT2D eigenvalue weighted by Gasteiger charge is -2.13. The molecule has 1 N–H and O–H groups in total. The van der Waals surface area contributed by atoms with E-state index >= 15 is 0 Å². The second-order valence-corrected chi connectivity index (χ2v) is 5.40. The Kier molecular flexibility index (Phi) is 4.20. The van der Waals surface area contributed by atoms with E-state index in [-0.39, 0.29) is 12.0 Å². The third-order valence-corrected chi connectivity index (χ3v) is 3.78. The van der Waals surface area contributed by atoms with Crippen molar-refractivity contribution >= 4 is 16.9 Å². The van der Waals surface area contributed by atoms with E-state index in [4.69, 9.17) is 4.74 Å². The van der Waals surface area contributed by atoms with Crippen molar-refractivity contribution in [2.45, 2.75) is 38.8 Å². The Labute approximate surface area is 124 Å². The first-order valence-electron chi connectivity index (χ1n) is 7.63. The first-order valence-corrected chi connectivity index (χ1v) is 7.63. The third kappa shape index (κ3) is 2.93. The number of imidazole rings is 1. The average Bonchev–Trinajstić information content (AvgIpc) is 3.13. The van der Waals surface area contributed by atoms with Gasteiger partial charge in [0, 0.05) is 13.2 Å². The summed E-state index contributed by atoms with van der Waals surface area (Å²) in [7, 11) is 0. The molecule has 1 atom stereocenters. The van der Waals surface area contributed by atoms with Crippen LogP contribution in [0.2, 0.25) is 0 Å². The number of aromatic nitrogens is 2. The average molecular weight is 287 g/mol. The van der Waals surface area contributed by atoms with Gasteiger partial charge in [-0.05, 0) is 31.4 Å². The number of hydrogen-bond acceptors (Lipinski definition) is 3. The number of carbonyl (C=O) groups excluding carboxylic acids is 1. The molecule has 0 radical (unpaired) electrons. The number of nitrogens with one attached hydrogen (secondary N) is 1. The van der Waals surface area contributed by atoms with Crippen molar-refractivity contribution < 1.29 is 9.53 Å². The molecule has 1 aromatic carbocycles.